The van der Waals surface area contributed by atoms with Crippen molar-refractivity contribution in [2.45, 2.75) is 39.7 Å². The molecule has 0 saturated heterocycles. The molecule has 3 nitrogen and oxygen atoms in total. The topological polar surface area (TPSA) is 55.1 Å². The Morgan fingerprint density at radius 1 is 1.43 bits per heavy atom. The maximum absolute atomic E-state index is 12.4. The molecule has 1 atom stereocenters. The van der Waals surface area contributed by atoms with Crippen LogP contribution in [-0.2, 0) is 11.3 Å². The lowest BCUT2D eigenvalue weighted by atomic mass is 9.81. The minimum Gasteiger partial charge on any atom is -0.352 e. The van der Waals surface area contributed by atoms with Crippen LogP contribution < -0.4 is 11.1 Å². The summed E-state index contributed by atoms with van der Waals surface area (Å²) < 4.78 is 0. The molecule has 0 aliphatic heterocycles. The van der Waals surface area contributed by atoms with E-state index in [9.17, 15) is 4.79 Å². The zero-order valence-corrected chi connectivity index (χ0v) is 12.9. The summed E-state index contributed by atoms with van der Waals surface area (Å²) in [6.45, 7) is 5.24. The molecule has 1 amide bonds. The van der Waals surface area contributed by atoms with Crippen LogP contribution in [0, 0.1) is 23.2 Å². The molecule has 0 aromatic heterocycles. The molecule has 1 aromatic carbocycles. The van der Waals surface area contributed by atoms with Gasteiger partial charge >= 0.3 is 0 Å². The van der Waals surface area contributed by atoms with Crippen LogP contribution in [0.5, 0.6) is 0 Å². The van der Waals surface area contributed by atoms with Crippen LogP contribution in [0.1, 0.15) is 44.2 Å². The van der Waals surface area contributed by atoms with Gasteiger partial charge in [0.15, 0.2) is 0 Å². The van der Waals surface area contributed by atoms with Crippen molar-refractivity contribution < 1.29 is 4.79 Å². The highest BCUT2D eigenvalue weighted by Crippen LogP contribution is 2.42. The molecule has 112 valence electrons. The second kappa shape index (κ2) is 6.78. The Kier molecular flexibility index (Phi) is 5.03. The Morgan fingerprint density at radius 3 is 2.86 bits per heavy atom. The third-order valence-corrected chi connectivity index (χ3v) is 4.37. The van der Waals surface area contributed by atoms with Crippen molar-refractivity contribution in [3.05, 3.63) is 35.4 Å². The van der Waals surface area contributed by atoms with E-state index >= 15 is 0 Å². The molecule has 3 heteroatoms. The zero-order chi connectivity index (χ0) is 15.3. The van der Waals surface area contributed by atoms with Crippen LogP contribution in [0.25, 0.3) is 0 Å². The minimum absolute atomic E-state index is 0.114. The van der Waals surface area contributed by atoms with Crippen LogP contribution >= 0.6 is 0 Å². The van der Waals surface area contributed by atoms with Crippen molar-refractivity contribution in [3.63, 3.8) is 0 Å². The largest absolute Gasteiger partial charge is 0.352 e. The highest BCUT2D eigenvalue weighted by molar-refractivity contribution is 5.79. The van der Waals surface area contributed by atoms with Gasteiger partial charge in [0, 0.05) is 18.0 Å². The van der Waals surface area contributed by atoms with Gasteiger partial charge in [0.1, 0.15) is 0 Å². The first-order valence-electron chi connectivity index (χ1n) is 7.59. The van der Waals surface area contributed by atoms with E-state index < -0.39 is 0 Å². The number of nitrogens with two attached hydrogens (primary N) is 1. The van der Waals surface area contributed by atoms with Gasteiger partial charge in [-0.1, -0.05) is 50.3 Å². The summed E-state index contributed by atoms with van der Waals surface area (Å²) in [5, 5.41) is 3.08. The SMILES string of the molecule is CC1(C)CCCC1C(=O)NCc1ccccc1C#CCN. The molecule has 0 radical (unpaired) electrons. The molecule has 1 aromatic rings. The smallest absolute Gasteiger partial charge is 0.223 e. The van der Waals surface area contributed by atoms with Gasteiger partial charge in [-0.05, 0) is 29.9 Å². The van der Waals surface area contributed by atoms with Gasteiger partial charge in [-0.2, -0.15) is 0 Å². The molecule has 1 aliphatic carbocycles. The van der Waals surface area contributed by atoms with Gasteiger partial charge in [0.25, 0.3) is 0 Å². The number of carbonyl (C=O) groups is 1. The Balaban J connectivity index is 2.02. The van der Waals surface area contributed by atoms with Crippen LogP contribution in [0.2, 0.25) is 0 Å². The molecule has 0 spiro atoms. The van der Waals surface area contributed by atoms with Crippen molar-refractivity contribution in [1.82, 2.24) is 5.32 Å². The lowest BCUT2D eigenvalue weighted by molar-refractivity contribution is -0.127. The zero-order valence-electron chi connectivity index (χ0n) is 12.9. The second-order valence-corrected chi connectivity index (χ2v) is 6.31. The summed E-state index contributed by atoms with van der Waals surface area (Å²) in [6, 6.07) is 7.88. The average molecular weight is 284 g/mol. The molecule has 21 heavy (non-hydrogen) atoms. The predicted molar refractivity (Wildman–Crippen MR) is 85.3 cm³/mol. The van der Waals surface area contributed by atoms with E-state index in [1.807, 2.05) is 24.3 Å². The first-order valence-corrected chi connectivity index (χ1v) is 7.59. The Morgan fingerprint density at radius 2 is 2.19 bits per heavy atom. The third kappa shape index (κ3) is 3.86. The van der Waals surface area contributed by atoms with Crippen LogP contribution in [0.4, 0.5) is 0 Å². The maximum atomic E-state index is 12.4. The van der Waals surface area contributed by atoms with Crippen molar-refractivity contribution in [1.29, 1.82) is 0 Å². The summed E-state index contributed by atoms with van der Waals surface area (Å²) in [5.41, 5.74) is 7.51. The summed E-state index contributed by atoms with van der Waals surface area (Å²) in [4.78, 5) is 12.4. The number of nitrogens with one attached hydrogen (secondary N) is 1. The van der Waals surface area contributed by atoms with E-state index in [1.165, 1.54) is 0 Å². The summed E-state index contributed by atoms with van der Waals surface area (Å²) in [5.74, 6) is 6.21. The fourth-order valence-electron chi connectivity index (χ4n) is 3.06. The van der Waals surface area contributed by atoms with E-state index in [1.54, 1.807) is 0 Å². The highest BCUT2D eigenvalue weighted by Gasteiger charge is 2.39. The van der Waals surface area contributed by atoms with Crippen molar-refractivity contribution in [2.75, 3.05) is 6.54 Å². The predicted octanol–water partition coefficient (Wildman–Crippen LogP) is 2.44. The molecule has 1 fully saturated rings. The number of hydrogen-bond acceptors (Lipinski definition) is 2. The molecule has 2 rings (SSSR count). The molecular weight excluding hydrogens is 260 g/mol. The Labute approximate surface area is 127 Å². The molecule has 1 saturated carbocycles. The van der Waals surface area contributed by atoms with Crippen molar-refractivity contribution >= 4 is 5.91 Å². The summed E-state index contributed by atoms with van der Waals surface area (Å²) in [6.07, 6.45) is 3.26. The standard InChI is InChI=1S/C18H24N2O/c1-18(2)11-5-10-16(18)17(21)20-13-15-8-4-3-7-14(15)9-6-12-19/h3-4,7-8,16H,5,10-13,19H2,1-2H3,(H,20,21). The lowest BCUT2D eigenvalue weighted by Gasteiger charge is -2.26. The number of hydrogen-bond donors (Lipinski definition) is 2. The van der Waals surface area contributed by atoms with Crippen LogP contribution in [-0.4, -0.2) is 12.5 Å². The quantitative estimate of drug-likeness (QED) is 0.838. The second-order valence-electron chi connectivity index (χ2n) is 6.31. The maximum Gasteiger partial charge on any atom is 0.223 e. The molecule has 1 aliphatic rings. The van der Waals surface area contributed by atoms with Gasteiger partial charge in [-0.15, -0.1) is 0 Å². The van der Waals surface area contributed by atoms with Crippen LogP contribution in [0.15, 0.2) is 24.3 Å². The molecule has 1 unspecified atom stereocenters. The van der Waals surface area contributed by atoms with Gasteiger partial charge in [-0.3, -0.25) is 4.79 Å². The van der Waals surface area contributed by atoms with Gasteiger partial charge in [-0.25, -0.2) is 0 Å². The molecule has 0 heterocycles. The normalized spacial score (nSPS) is 19.7. The summed E-state index contributed by atoms with van der Waals surface area (Å²) in [7, 11) is 0. The highest BCUT2D eigenvalue weighted by atomic mass is 16.1. The van der Waals surface area contributed by atoms with Crippen molar-refractivity contribution in [2.24, 2.45) is 17.1 Å². The Bertz CT molecular complexity index is 566. The minimum atomic E-state index is 0.114. The summed E-state index contributed by atoms with van der Waals surface area (Å²) >= 11 is 0. The van der Waals surface area contributed by atoms with Crippen LogP contribution in [0.3, 0.4) is 0 Å². The monoisotopic (exact) mass is 284 g/mol. The van der Waals surface area contributed by atoms with E-state index in [0.717, 1.165) is 30.4 Å². The third-order valence-electron chi connectivity index (χ3n) is 4.37. The van der Waals surface area contributed by atoms with Gasteiger partial charge in [0.2, 0.25) is 5.91 Å². The number of amides is 1. The average Bonchev–Trinajstić information content (AvgIpc) is 2.83. The molecule has 0 bridgehead atoms. The number of benzene rings is 1. The first kappa shape index (κ1) is 15.6. The van der Waals surface area contributed by atoms with E-state index in [0.29, 0.717) is 13.1 Å². The number of carbonyl (C=O) groups excluding carboxylic acids is 1. The van der Waals surface area contributed by atoms with Crippen molar-refractivity contribution in [3.8, 4) is 11.8 Å². The van der Waals surface area contributed by atoms with E-state index in [2.05, 4.69) is 31.0 Å². The van der Waals surface area contributed by atoms with Gasteiger partial charge < -0.3 is 11.1 Å². The van der Waals surface area contributed by atoms with Gasteiger partial charge in [0.05, 0.1) is 6.54 Å². The fourth-order valence-corrected chi connectivity index (χ4v) is 3.06. The molecular formula is C18H24N2O. The lowest BCUT2D eigenvalue weighted by Crippen LogP contribution is -2.35. The first-order chi connectivity index (χ1) is 10.0. The molecule has 3 N–H and O–H groups in total. The Hall–Kier alpha value is -1.79. The van der Waals surface area contributed by atoms with E-state index in [4.69, 9.17) is 5.73 Å². The van der Waals surface area contributed by atoms with E-state index in [-0.39, 0.29) is 17.2 Å². The fraction of sp³-hybridized carbons (Fsp3) is 0.500. The number of rotatable bonds is 3.